The van der Waals surface area contributed by atoms with Crippen LogP contribution >= 0.6 is 11.6 Å². The first-order valence-electron chi connectivity index (χ1n) is 5.12. The van der Waals surface area contributed by atoms with Gasteiger partial charge < -0.3 is 9.84 Å². The SMILES string of the molecule is OC(C1=COCCC1)c1cc(Cl)ccc1F. The molecular formula is C12H12ClFO2. The molecule has 1 aromatic carbocycles. The molecule has 2 nitrogen and oxygen atoms in total. The second-order valence-electron chi connectivity index (χ2n) is 3.74. The van der Waals surface area contributed by atoms with Crippen LogP contribution in [-0.2, 0) is 4.74 Å². The van der Waals surface area contributed by atoms with Crippen molar-refractivity contribution in [3.05, 3.63) is 46.4 Å². The summed E-state index contributed by atoms with van der Waals surface area (Å²) in [5, 5.41) is 10.4. The largest absolute Gasteiger partial charge is 0.501 e. The summed E-state index contributed by atoms with van der Waals surface area (Å²) in [6.45, 7) is 0.647. The van der Waals surface area contributed by atoms with Gasteiger partial charge in [-0.3, -0.25) is 0 Å². The van der Waals surface area contributed by atoms with Crippen molar-refractivity contribution in [2.24, 2.45) is 0 Å². The predicted molar refractivity (Wildman–Crippen MR) is 59.6 cm³/mol. The van der Waals surface area contributed by atoms with Crippen molar-refractivity contribution in [2.45, 2.75) is 18.9 Å². The molecule has 0 saturated carbocycles. The van der Waals surface area contributed by atoms with E-state index in [0.29, 0.717) is 23.6 Å². The average molecular weight is 243 g/mol. The number of halogens is 2. The number of hydrogen-bond donors (Lipinski definition) is 1. The lowest BCUT2D eigenvalue weighted by molar-refractivity contribution is 0.167. The van der Waals surface area contributed by atoms with Crippen molar-refractivity contribution in [3.63, 3.8) is 0 Å². The number of rotatable bonds is 2. The van der Waals surface area contributed by atoms with E-state index in [4.69, 9.17) is 16.3 Å². The number of aliphatic hydroxyl groups is 1. The van der Waals surface area contributed by atoms with Crippen LogP contribution in [0.1, 0.15) is 24.5 Å². The monoisotopic (exact) mass is 242 g/mol. The summed E-state index contributed by atoms with van der Waals surface area (Å²) >= 11 is 5.77. The fourth-order valence-corrected chi connectivity index (χ4v) is 1.89. The number of hydrogen-bond acceptors (Lipinski definition) is 2. The summed E-state index contributed by atoms with van der Waals surface area (Å²) in [6.07, 6.45) is 2.09. The van der Waals surface area contributed by atoms with Gasteiger partial charge >= 0.3 is 0 Å². The molecule has 0 fully saturated rings. The molecule has 86 valence electrons. The van der Waals surface area contributed by atoms with E-state index in [-0.39, 0.29) is 5.56 Å². The second kappa shape index (κ2) is 4.85. The van der Waals surface area contributed by atoms with Crippen LogP contribution in [0.25, 0.3) is 0 Å². The van der Waals surface area contributed by atoms with Crippen LogP contribution in [0.4, 0.5) is 4.39 Å². The Bertz CT molecular complexity index is 417. The Morgan fingerprint density at radius 2 is 2.25 bits per heavy atom. The van der Waals surface area contributed by atoms with Crippen LogP contribution in [0.3, 0.4) is 0 Å². The van der Waals surface area contributed by atoms with Crippen molar-refractivity contribution < 1.29 is 14.2 Å². The van der Waals surface area contributed by atoms with Gasteiger partial charge in [0.25, 0.3) is 0 Å². The first-order chi connectivity index (χ1) is 7.68. The molecular weight excluding hydrogens is 231 g/mol. The first kappa shape index (κ1) is 11.4. The first-order valence-corrected chi connectivity index (χ1v) is 5.50. The summed E-state index contributed by atoms with van der Waals surface area (Å²) in [4.78, 5) is 0. The van der Waals surface area contributed by atoms with Crippen LogP contribution in [-0.4, -0.2) is 11.7 Å². The summed E-state index contributed by atoms with van der Waals surface area (Å²) in [5.74, 6) is -0.455. The van der Waals surface area contributed by atoms with Crippen molar-refractivity contribution in [2.75, 3.05) is 6.61 Å². The van der Waals surface area contributed by atoms with Crippen molar-refractivity contribution >= 4 is 11.6 Å². The molecule has 1 aliphatic rings. The third-order valence-electron chi connectivity index (χ3n) is 2.57. The van der Waals surface area contributed by atoms with Gasteiger partial charge in [0.1, 0.15) is 11.9 Å². The molecule has 1 unspecified atom stereocenters. The topological polar surface area (TPSA) is 29.5 Å². The fourth-order valence-electron chi connectivity index (χ4n) is 1.71. The van der Waals surface area contributed by atoms with Crippen LogP contribution < -0.4 is 0 Å². The molecule has 1 atom stereocenters. The smallest absolute Gasteiger partial charge is 0.129 e. The quantitative estimate of drug-likeness (QED) is 0.863. The van der Waals surface area contributed by atoms with Crippen LogP contribution in [0.15, 0.2) is 30.0 Å². The van der Waals surface area contributed by atoms with E-state index in [1.165, 1.54) is 24.5 Å². The van der Waals surface area contributed by atoms with Gasteiger partial charge in [-0.1, -0.05) is 11.6 Å². The Kier molecular flexibility index (Phi) is 3.46. The highest BCUT2D eigenvalue weighted by Crippen LogP contribution is 2.30. The molecule has 0 spiro atoms. The average Bonchev–Trinajstić information content (AvgIpc) is 2.32. The molecule has 0 bridgehead atoms. The van der Waals surface area contributed by atoms with E-state index in [1.54, 1.807) is 0 Å². The number of benzene rings is 1. The summed E-state index contributed by atoms with van der Waals surface area (Å²) in [6, 6.07) is 4.15. The van der Waals surface area contributed by atoms with Gasteiger partial charge in [0.05, 0.1) is 12.9 Å². The Labute approximate surface area is 98.3 Å². The maximum absolute atomic E-state index is 13.5. The van der Waals surface area contributed by atoms with Gasteiger partial charge in [-0.2, -0.15) is 0 Å². The zero-order chi connectivity index (χ0) is 11.5. The maximum Gasteiger partial charge on any atom is 0.129 e. The van der Waals surface area contributed by atoms with E-state index in [2.05, 4.69) is 0 Å². The normalized spacial score (nSPS) is 17.6. The lowest BCUT2D eigenvalue weighted by atomic mass is 9.98. The number of aliphatic hydroxyl groups excluding tert-OH is 1. The minimum absolute atomic E-state index is 0.198. The van der Waals surface area contributed by atoms with Crippen LogP contribution in [0.2, 0.25) is 5.02 Å². The van der Waals surface area contributed by atoms with Crippen LogP contribution in [0.5, 0.6) is 0 Å². The molecule has 2 rings (SSSR count). The van der Waals surface area contributed by atoms with E-state index in [9.17, 15) is 9.50 Å². The van der Waals surface area contributed by atoms with Gasteiger partial charge in [0, 0.05) is 10.6 Å². The zero-order valence-corrected chi connectivity index (χ0v) is 9.38. The van der Waals surface area contributed by atoms with E-state index < -0.39 is 11.9 Å². The van der Waals surface area contributed by atoms with Crippen molar-refractivity contribution in [1.82, 2.24) is 0 Å². The van der Waals surface area contributed by atoms with Gasteiger partial charge in [-0.05, 0) is 36.6 Å². The van der Waals surface area contributed by atoms with E-state index >= 15 is 0 Å². The third kappa shape index (κ3) is 2.36. The second-order valence-corrected chi connectivity index (χ2v) is 4.17. The zero-order valence-electron chi connectivity index (χ0n) is 8.62. The van der Waals surface area contributed by atoms with E-state index in [1.807, 2.05) is 0 Å². The third-order valence-corrected chi connectivity index (χ3v) is 2.80. The molecule has 0 aromatic heterocycles. The molecule has 0 saturated heterocycles. The molecule has 0 radical (unpaired) electrons. The summed E-state index contributed by atoms with van der Waals surface area (Å²) < 4.78 is 18.6. The highest BCUT2D eigenvalue weighted by atomic mass is 35.5. The Morgan fingerprint density at radius 1 is 1.44 bits per heavy atom. The highest BCUT2D eigenvalue weighted by molar-refractivity contribution is 6.30. The Balaban J connectivity index is 2.29. The van der Waals surface area contributed by atoms with E-state index in [0.717, 1.165) is 6.42 Å². The molecule has 1 N–H and O–H groups in total. The minimum atomic E-state index is -0.973. The Morgan fingerprint density at radius 3 is 2.94 bits per heavy atom. The van der Waals surface area contributed by atoms with Gasteiger partial charge in [0.15, 0.2) is 0 Å². The van der Waals surface area contributed by atoms with Crippen molar-refractivity contribution in [3.8, 4) is 0 Å². The molecule has 1 aliphatic heterocycles. The highest BCUT2D eigenvalue weighted by Gasteiger charge is 2.19. The molecule has 1 aromatic rings. The van der Waals surface area contributed by atoms with Gasteiger partial charge in [-0.15, -0.1) is 0 Å². The molecule has 4 heteroatoms. The molecule has 16 heavy (non-hydrogen) atoms. The van der Waals surface area contributed by atoms with Crippen molar-refractivity contribution in [1.29, 1.82) is 0 Å². The standard InChI is InChI=1S/C12H12ClFO2/c13-9-3-4-11(14)10(6-9)12(15)8-2-1-5-16-7-8/h3-4,6-7,12,15H,1-2,5H2. The fraction of sp³-hybridized carbons (Fsp3) is 0.333. The maximum atomic E-state index is 13.5. The lowest BCUT2D eigenvalue weighted by Gasteiger charge is -2.19. The molecule has 1 heterocycles. The number of ether oxygens (including phenoxy) is 1. The van der Waals surface area contributed by atoms with Gasteiger partial charge in [-0.25, -0.2) is 4.39 Å². The predicted octanol–water partition coefficient (Wildman–Crippen LogP) is 3.21. The summed E-state index contributed by atoms with van der Waals surface area (Å²) in [5.41, 5.74) is 0.886. The molecule has 0 amide bonds. The lowest BCUT2D eigenvalue weighted by Crippen LogP contribution is -2.09. The van der Waals surface area contributed by atoms with Crippen LogP contribution in [0, 0.1) is 5.82 Å². The Hall–Kier alpha value is -1.06. The minimum Gasteiger partial charge on any atom is -0.501 e. The van der Waals surface area contributed by atoms with Gasteiger partial charge in [0.2, 0.25) is 0 Å². The molecule has 0 aliphatic carbocycles. The summed E-state index contributed by atoms with van der Waals surface area (Å²) in [7, 11) is 0.